The van der Waals surface area contributed by atoms with Crippen molar-refractivity contribution in [2.24, 2.45) is 0 Å². The number of benzene rings is 2. The third kappa shape index (κ3) is 1.84. The van der Waals surface area contributed by atoms with Crippen molar-refractivity contribution in [2.45, 2.75) is 70.6 Å². The molecule has 0 saturated heterocycles. The lowest BCUT2D eigenvalue weighted by Crippen LogP contribution is -2.27. The highest BCUT2D eigenvalue weighted by Gasteiger charge is 2.55. The van der Waals surface area contributed by atoms with Crippen molar-refractivity contribution in [3.8, 4) is 0 Å². The van der Waals surface area contributed by atoms with Gasteiger partial charge in [-0.25, -0.2) is 0 Å². The molecule has 23 heavy (non-hydrogen) atoms. The van der Waals surface area contributed by atoms with Crippen molar-refractivity contribution in [1.82, 2.24) is 0 Å². The summed E-state index contributed by atoms with van der Waals surface area (Å²) >= 11 is 0. The minimum absolute atomic E-state index is 0.206. The molecule has 2 aliphatic rings. The van der Waals surface area contributed by atoms with E-state index in [9.17, 15) is 0 Å². The van der Waals surface area contributed by atoms with Crippen LogP contribution in [0.25, 0.3) is 0 Å². The monoisotopic (exact) mass is 304 g/mol. The van der Waals surface area contributed by atoms with Gasteiger partial charge in [-0.15, -0.1) is 0 Å². The fourth-order valence-electron chi connectivity index (χ4n) is 5.55. The first-order valence-electron chi connectivity index (χ1n) is 8.90. The molecular weight excluding hydrogens is 276 g/mol. The van der Waals surface area contributed by atoms with Crippen LogP contribution in [-0.4, -0.2) is 0 Å². The summed E-state index contributed by atoms with van der Waals surface area (Å²) in [6.45, 7) is 14.2. The second kappa shape index (κ2) is 4.29. The molecule has 0 aliphatic heterocycles. The number of hydrogen-bond acceptors (Lipinski definition) is 0. The quantitative estimate of drug-likeness (QED) is 0.564. The van der Waals surface area contributed by atoms with Gasteiger partial charge in [-0.2, -0.15) is 0 Å². The summed E-state index contributed by atoms with van der Waals surface area (Å²) in [6.07, 6.45) is 2.47. The third-order valence-electron chi connectivity index (χ3n) is 6.54. The number of fused-ring (bicyclic) bond motifs is 4. The molecule has 2 aromatic rings. The first-order chi connectivity index (χ1) is 10.7. The molecule has 2 aromatic carbocycles. The molecule has 1 atom stereocenters. The van der Waals surface area contributed by atoms with E-state index >= 15 is 0 Å². The fraction of sp³-hybridized carbons (Fsp3) is 0.478. The van der Waals surface area contributed by atoms with Crippen LogP contribution in [0.1, 0.15) is 73.9 Å². The zero-order chi connectivity index (χ0) is 16.6. The Morgan fingerprint density at radius 3 is 1.74 bits per heavy atom. The van der Waals surface area contributed by atoms with Crippen LogP contribution in [0.2, 0.25) is 0 Å². The molecule has 120 valence electrons. The van der Waals surface area contributed by atoms with Crippen LogP contribution in [-0.2, 0) is 16.2 Å². The smallest absolute Gasteiger partial charge is 0.0225 e. The normalized spacial score (nSPS) is 26.3. The number of hydrogen-bond donors (Lipinski definition) is 0. The van der Waals surface area contributed by atoms with Gasteiger partial charge in [-0.1, -0.05) is 64.1 Å². The highest BCUT2D eigenvalue weighted by atomic mass is 14.6. The summed E-state index contributed by atoms with van der Waals surface area (Å²) in [5.41, 5.74) is 9.90. The van der Waals surface area contributed by atoms with E-state index in [-0.39, 0.29) is 16.2 Å². The van der Waals surface area contributed by atoms with Gasteiger partial charge in [0.25, 0.3) is 0 Å². The van der Waals surface area contributed by atoms with Crippen LogP contribution in [0.4, 0.5) is 0 Å². The van der Waals surface area contributed by atoms with Gasteiger partial charge in [0.05, 0.1) is 0 Å². The van der Waals surface area contributed by atoms with Crippen LogP contribution in [0.3, 0.4) is 0 Å². The maximum Gasteiger partial charge on any atom is 0.0225 e. The average molecular weight is 304 g/mol. The van der Waals surface area contributed by atoms with Gasteiger partial charge in [0.1, 0.15) is 0 Å². The van der Waals surface area contributed by atoms with Gasteiger partial charge in [-0.05, 0) is 70.9 Å². The number of rotatable bonds is 0. The molecular formula is C23H28. The lowest BCUT2D eigenvalue weighted by atomic mass is 9.72. The van der Waals surface area contributed by atoms with Gasteiger partial charge < -0.3 is 0 Å². The van der Waals surface area contributed by atoms with E-state index in [1.165, 1.54) is 24.0 Å². The molecule has 0 fully saturated rings. The first-order valence-corrected chi connectivity index (χ1v) is 8.90. The Bertz CT molecular complexity index is 807. The Hall–Kier alpha value is -1.56. The maximum atomic E-state index is 2.50. The van der Waals surface area contributed by atoms with Gasteiger partial charge in [0.2, 0.25) is 0 Å². The molecule has 2 aliphatic carbocycles. The Morgan fingerprint density at radius 1 is 0.652 bits per heavy atom. The predicted octanol–water partition coefficient (Wildman–Crippen LogP) is 5.95. The first kappa shape index (κ1) is 15.0. The van der Waals surface area contributed by atoms with Crippen LogP contribution in [0.5, 0.6) is 0 Å². The predicted molar refractivity (Wildman–Crippen MR) is 98.4 cm³/mol. The Morgan fingerprint density at radius 2 is 1.13 bits per heavy atom. The second-order valence-corrected chi connectivity index (χ2v) is 9.23. The second-order valence-electron chi connectivity index (χ2n) is 9.23. The summed E-state index contributed by atoms with van der Waals surface area (Å²) < 4.78 is 0. The number of aryl methyl sites for hydroxylation is 2. The summed E-state index contributed by atoms with van der Waals surface area (Å²) in [5.74, 6) is 0. The lowest BCUT2D eigenvalue weighted by molar-refractivity contribution is 0.349. The topological polar surface area (TPSA) is 0 Å². The molecule has 0 aromatic heterocycles. The van der Waals surface area contributed by atoms with E-state index in [0.717, 1.165) is 0 Å². The van der Waals surface area contributed by atoms with Gasteiger partial charge >= 0.3 is 0 Å². The Labute approximate surface area is 140 Å². The molecule has 0 bridgehead atoms. The molecule has 0 saturated carbocycles. The SMILES string of the molecule is Cc1cc2c(cc1C)C1(CC(C)(C)c3ccccc31)CC2(C)C. The third-order valence-corrected chi connectivity index (χ3v) is 6.54. The molecule has 0 N–H and O–H groups in total. The van der Waals surface area contributed by atoms with Crippen LogP contribution in [0.15, 0.2) is 36.4 Å². The fourth-order valence-corrected chi connectivity index (χ4v) is 5.55. The summed E-state index contributed by atoms with van der Waals surface area (Å²) in [5, 5.41) is 0. The van der Waals surface area contributed by atoms with Crippen molar-refractivity contribution < 1.29 is 0 Å². The molecule has 1 spiro atoms. The zero-order valence-corrected chi connectivity index (χ0v) is 15.4. The lowest BCUT2D eigenvalue weighted by Gasteiger charge is -2.30. The van der Waals surface area contributed by atoms with Crippen LogP contribution in [0, 0.1) is 13.8 Å². The van der Waals surface area contributed by atoms with E-state index in [1.54, 1.807) is 22.3 Å². The van der Waals surface area contributed by atoms with Gasteiger partial charge in [0, 0.05) is 5.41 Å². The average Bonchev–Trinajstić information content (AvgIpc) is 2.81. The molecule has 4 rings (SSSR count). The highest BCUT2D eigenvalue weighted by molar-refractivity contribution is 5.60. The van der Waals surface area contributed by atoms with Crippen molar-refractivity contribution in [3.63, 3.8) is 0 Å². The Kier molecular flexibility index (Phi) is 2.80. The molecule has 0 heteroatoms. The van der Waals surface area contributed by atoms with E-state index < -0.39 is 0 Å². The summed E-state index contributed by atoms with van der Waals surface area (Å²) in [4.78, 5) is 0. The molecule has 1 unspecified atom stereocenters. The molecule has 0 amide bonds. The van der Waals surface area contributed by atoms with Crippen LogP contribution < -0.4 is 0 Å². The molecule has 0 nitrogen and oxygen atoms in total. The van der Waals surface area contributed by atoms with Crippen molar-refractivity contribution >= 4 is 0 Å². The van der Waals surface area contributed by atoms with Crippen LogP contribution >= 0.6 is 0 Å². The Balaban J connectivity index is 2.05. The van der Waals surface area contributed by atoms with Crippen molar-refractivity contribution in [1.29, 1.82) is 0 Å². The van der Waals surface area contributed by atoms with E-state index in [1.807, 2.05) is 0 Å². The van der Waals surface area contributed by atoms with Gasteiger partial charge in [0.15, 0.2) is 0 Å². The minimum atomic E-state index is 0.206. The van der Waals surface area contributed by atoms with E-state index in [4.69, 9.17) is 0 Å². The summed E-state index contributed by atoms with van der Waals surface area (Å²) in [6, 6.07) is 14.2. The summed E-state index contributed by atoms with van der Waals surface area (Å²) in [7, 11) is 0. The minimum Gasteiger partial charge on any atom is -0.0620 e. The highest BCUT2D eigenvalue weighted by Crippen LogP contribution is 2.62. The van der Waals surface area contributed by atoms with Crippen molar-refractivity contribution in [2.75, 3.05) is 0 Å². The molecule has 0 radical (unpaired) electrons. The van der Waals surface area contributed by atoms with E-state index in [2.05, 4.69) is 77.9 Å². The largest absolute Gasteiger partial charge is 0.0620 e. The van der Waals surface area contributed by atoms with E-state index in [0.29, 0.717) is 0 Å². The van der Waals surface area contributed by atoms with Crippen molar-refractivity contribution in [3.05, 3.63) is 69.8 Å². The maximum absolute atomic E-state index is 2.50. The molecule has 0 heterocycles. The van der Waals surface area contributed by atoms with Gasteiger partial charge in [-0.3, -0.25) is 0 Å². The standard InChI is InChI=1S/C23H28/c1-15-11-19-20(12-16(15)2)23(14-22(19,5)6)13-21(3,4)17-9-7-8-10-18(17)23/h7-12H,13-14H2,1-6H3. The zero-order valence-electron chi connectivity index (χ0n) is 15.4.